The van der Waals surface area contributed by atoms with Gasteiger partial charge in [0, 0.05) is 17.3 Å². The molecule has 0 unspecified atom stereocenters. The van der Waals surface area contributed by atoms with Crippen molar-refractivity contribution in [3.63, 3.8) is 0 Å². The third kappa shape index (κ3) is 2.99. The fourth-order valence-electron chi connectivity index (χ4n) is 3.50. The fourth-order valence-corrected chi connectivity index (χ4v) is 4.80. The number of para-hydroxylation sites is 1. The summed E-state index contributed by atoms with van der Waals surface area (Å²) in [5.74, 6) is -0.283. The van der Waals surface area contributed by atoms with Gasteiger partial charge in [-0.1, -0.05) is 18.2 Å². The summed E-state index contributed by atoms with van der Waals surface area (Å²) in [4.78, 5) is 26.2. The molecule has 0 radical (unpaired) electrons. The van der Waals surface area contributed by atoms with Crippen LogP contribution in [0.4, 0.5) is 5.00 Å². The minimum atomic E-state index is -0.150. The van der Waals surface area contributed by atoms with Crippen LogP contribution in [0.15, 0.2) is 24.3 Å². The molecule has 0 bridgehead atoms. The largest absolute Gasteiger partial charge is 0.355 e. The molecule has 0 aliphatic heterocycles. The molecule has 0 fully saturated rings. The third-order valence-electron chi connectivity index (χ3n) is 4.76. The van der Waals surface area contributed by atoms with E-state index in [1.807, 2.05) is 24.3 Å². The molecule has 7 heteroatoms. The molecular weight excluding hydrogens is 348 g/mol. The first-order valence-corrected chi connectivity index (χ1v) is 9.57. The number of hydrogen-bond donors (Lipinski definition) is 3. The Labute approximate surface area is 155 Å². The smallest absolute Gasteiger partial charge is 0.254 e. The molecule has 3 aromatic rings. The van der Waals surface area contributed by atoms with Crippen LogP contribution in [0.1, 0.15) is 39.3 Å². The lowest BCUT2D eigenvalue weighted by Gasteiger charge is -2.12. The zero-order valence-corrected chi connectivity index (χ0v) is 15.3. The molecule has 1 aliphatic carbocycles. The van der Waals surface area contributed by atoms with E-state index in [4.69, 9.17) is 0 Å². The standard InChI is InChI=1S/C19H20N4O2S/c1-20-18(25)17-12-7-3-5-9-15(12)26-19(17)21-16(24)10-14-11-6-2-4-8-13(11)22-23-14/h2,4,6,8H,3,5,7,9-10H2,1H3,(H,20,25)(H,21,24)(H,22,23). The maximum atomic E-state index is 12.6. The molecule has 2 aromatic heterocycles. The highest BCUT2D eigenvalue weighted by atomic mass is 32.1. The Kier molecular flexibility index (Phi) is 4.46. The number of aryl methyl sites for hydroxylation is 1. The van der Waals surface area contributed by atoms with Crippen molar-refractivity contribution in [3.8, 4) is 0 Å². The summed E-state index contributed by atoms with van der Waals surface area (Å²) < 4.78 is 0. The van der Waals surface area contributed by atoms with Crippen LogP contribution in [0.3, 0.4) is 0 Å². The number of nitrogens with zero attached hydrogens (tertiary/aromatic N) is 1. The molecule has 0 spiro atoms. The van der Waals surface area contributed by atoms with E-state index < -0.39 is 0 Å². The van der Waals surface area contributed by atoms with Crippen molar-refractivity contribution >= 4 is 39.1 Å². The third-order valence-corrected chi connectivity index (χ3v) is 5.96. The second-order valence-electron chi connectivity index (χ2n) is 6.44. The molecule has 4 rings (SSSR count). The second kappa shape index (κ2) is 6.92. The highest BCUT2D eigenvalue weighted by molar-refractivity contribution is 7.17. The van der Waals surface area contributed by atoms with Gasteiger partial charge in [0.15, 0.2) is 0 Å². The van der Waals surface area contributed by atoms with E-state index in [-0.39, 0.29) is 18.2 Å². The van der Waals surface area contributed by atoms with E-state index in [2.05, 4.69) is 20.8 Å². The maximum absolute atomic E-state index is 12.6. The van der Waals surface area contributed by atoms with Gasteiger partial charge >= 0.3 is 0 Å². The van der Waals surface area contributed by atoms with Crippen molar-refractivity contribution in [1.29, 1.82) is 0 Å². The van der Waals surface area contributed by atoms with Crippen LogP contribution in [-0.4, -0.2) is 29.1 Å². The molecule has 1 aromatic carbocycles. The van der Waals surface area contributed by atoms with Crippen LogP contribution in [-0.2, 0) is 24.1 Å². The Morgan fingerprint density at radius 2 is 2.04 bits per heavy atom. The van der Waals surface area contributed by atoms with E-state index in [0.717, 1.165) is 47.8 Å². The summed E-state index contributed by atoms with van der Waals surface area (Å²) in [5, 5.41) is 14.4. The average Bonchev–Trinajstić information content (AvgIpc) is 3.22. The number of hydrogen-bond acceptors (Lipinski definition) is 4. The van der Waals surface area contributed by atoms with Crippen molar-refractivity contribution < 1.29 is 9.59 Å². The quantitative estimate of drug-likeness (QED) is 0.661. The normalized spacial score (nSPS) is 13.4. The number of anilines is 1. The van der Waals surface area contributed by atoms with Crippen LogP contribution in [0.5, 0.6) is 0 Å². The molecule has 26 heavy (non-hydrogen) atoms. The number of aromatic amines is 1. The van der Waals surface area contributed by atoms with Crippen molar-refractivity contribution in [3.05, 3.63) is 46.0 Å². The molecule has 134 valence electrons. The van der Waals surface area contributed by atoms with Gasteiger partial charge in [-0.15, -0.1) is 11.3 Å². The first-order valence-electron chi connectivity index (χ1n) is 8.76. The lowest BCUT2D eigenvalue weighted by atomic mass is 9.95. The highest BCUT2D eigenvalue weighted by Crippen LogP contribution is 2.38. The van der Waals surface area contributed by atoms with Gasteiger partial charge in [-0.3, -0.25) is 14.7 Å². The predicted molar refractivity (Wildman–Crippen MR) is 103 cm³/mol. The zero-order chi connectivity index (χ0) is 18.1. The number of fused-ring (bicyclic) bond motifs is 2. The van der Waals surface area contributed by atoms with Gasteiger partial charge in [0.25, 0.3) is 5.91 Å². The Morgan fingerprint density at radius 3 is 2.88 bits per heavy atom. The van der Waals surface area contributed by atoms with E-state index in [1.54, 1.807) is 7.05 Å². The molecule has 0 saturated heterocycles. The first-order chi connectivity index (χ1) is 12.7. The zero-order valence-electron chi connectivity index (χ0n) is 14.5. The van der Waals surface area contributed by atoms with E-state index in [9.17, 15) is 9.59 Å². The van der Waals surface area contributed by atoms with E-state index >= 15 is 0 Å². The summed E-state index contributed by atoms with van der Waals surface area (Å²) >= 11 is 1.53. The second-order valence-corrected chi connectivity index (χ2v) is 7.54. The molecule has 2 amide bonds. The number of benzene rings is 1. The maximum Gasteiger partial charge on any atom is 0.254 e. The summed E-state index contributed by atoms with van der Waals surface area (Å²) in [6.45, 7) is 0. The SMILES string of the molecule is CNC(=O)c1c(NC(=O)Cc2[nH]nc3ccccc23)sc2c1CCCC2. The van der Waals surface area contributed by atoms with Gasteiger partial charge < -0.3 is 10.6 Å². The van der Waals surface area contributed by atoms with E-state index in [0.29, 0.717) is 10.6 Å². The number of carbonyl (C=O) groups excluding carboxylic acids is 2. The van der Waals surface area contributed by atoms with E-state index in [1.165, 1.54) is 16.2 Å². The minimum Gasteiger partial charge on any atom is -0.355 e. The molecule has 1 aliphatic rings. The topological polar surface area (TPSA) is 86.9 Å². The van der Waals surface area contributed by atoms with Crippen LogP contribution < -0.4 is 10.6 Å². The summed E-state index contributed by atoms with van der Waals surface area (Å²) in [5.41, 5.74) is 3.35. The monoisotopic (exact) mass is 368 g/mol. The lowest BCUT2D eigenvalue weighted by molar-refractivity contribution is -0.115. The van der Waals surface area contributed by atoms with Crippen LogP contribution in [0.25, 0.3) is 10.9 Å². The summed E-state index contributed by atoms with van der Waals surface area (Å²) in [6, 6.07) is 7.70. The number of nitrogens with one attached hydrogen (secondary N) is 3. The molecule has 0 atom stereocenters. The van der Waals surface area contributed by atoms with Gasteiger partial charge in [0.1, 0.15) is 5.00 Å². The number of aromatic nitrogens is 2. The predicted octanol–water partition coefficient (Wildman–Crippen LogP) is 3.04. The van der Waals surface area contributed by atoms with Gasteiger partial charge in [0.05, 0.1) is 23.2 Å². The number of amides is 2. The van der Waals surface area contributed by atoms with Crippen LogP contribution >= 0.6 is 11.3 Å². The van der Waals surface area contributed by atoms with Crippen LogP contribution in [0.2, 0.25) is 0 Å². The lowest BCUT2D eigenvalue weighted by Crippen LogP contribution is -2.22. The van der Waals surface area contributed by atoms with Gasteiger partial charge in [0.2, 0.25) is 5.91 Å². The minimum absolute atomic E-state index is 0.133. The average molecular weight is 368 g/mol. The Bertz CT molecular complexity index is 989. The summed E-state index contributed by atoms with van der Waals surface area (Å²) in [7, 11) is 1.62. The van der Waals surface area contributed by atoms with Crippen molar-refractivity contribution in [1.82, 2.24) is 15.5 Å². The number of carbonyl (C=O) groups is 2. The van der Waals surface area contributed by atoms with Crippen molar-refractivity contribution in [2.24, 2.45) is 0 Å². The number of rotatable bonds is 4. The molecular formula is C19H20N4O2S. The van der Waals surface area contributed by atoms with Gasteiger partial charge in [-0.2, -0.15) is 5.10 Å². The summed E-state index contributed by atoms with van der Waals surface area (Å²) in [6.07, 6.45) is 4.28. The number of thiophene rings is 1. The molecule has 2 heterocycles. The van der Waals surface area contributed by atoms with Gasteiger partial charge in [-0.05, 0) is 37.3 Å². The molecule has 0 saturated carbocycles. The first kappa shape index (κ1) is 16.8. The highest BCUT2D eigenvalue weighted by Gasteiger charge is 2.26. The molecule has 6 nitrogen and oxygen atoms in total. The fraction of sp³-hybridized carbons (Fsp3) is 0.316. The van der Waals surface area contributed by atoms with Gasteiger partial charge in [-0.25, -0.2) is 0 Å². The van der Waals surface area contributed by atoms with Crippen molar-refractivity contribution in [2.75, 3.05) is 12.4 Å². The van der Waals surface area contributed by atoms with Crippen molar-refractivity contribution in [2.45, 2.75) is 32.1 Å². The Balaban J connectivity index is 1.59. The Hall–Kier alpha value is -2.67. The number of H-pyrrole nitrogens is 1. The molecule has 3 N–H and O–H groups in total. The Morgan fingerprint density at radius 1 is 1.23 bits per heavy atom. The van der Waals surface area contributed by atoms with Crippen LogP contribution in [0, 0.1) is 0 Å².